The minimum Gasteiger partial charge on any atom is -0.335 e. The van der Waals surface area contributed by atoms with E-state index in [4.69, 9.17) is 0 Å². The lowest BCUT2D eigenvalue weighted by Gasteiger charge is -2.35. The molecule has 0 aliphatic carbocycles. The van der Waals surface area contributed by atoms with Gasteiger partial charge in [-0.3, -0.25) is 9.59 Å². The first-order valence-corrected chi connectivity index (χ1v) is 6.84. The smallest absolute Gasteiger partial charge is 0.223 e. The fourth-order valence-electron chi connectivity index (χ4n) is 2.29. The van der Waals surface area contributed by atoms with Crippen LogP contribution in [-0.4, -0.2) is 29.7 Å². The second kappa shape index (κ2) is 5.55. The molecule has 1 aromatic carbocycles. The van der Waals surface area contributed by atoms with Crippen molar-refractivity contribution in [2.24, 2.45) is 5.41 Å². The van der Waals surface area contributed by atoms with Gasteiger partial charge in [0.2, 0.25) is 5.91 Å². The van der Waals surface area contributed by atoms with Crippen LogP contribution in [0.3, 0.4) is 0 Å². The molecule has 0 aromatic heterocycles. The summed E-state index contributed by atoms with van der Waals surface area (Å²) in [6.07, 6.45) is 1.99. The number of carbonyl (C=O) groups excluding carboxylic acids is 2. The molecule has 102 valence electrons. The van der Waals surface area contributed by atoms with Gasteiger partial charge in [0.05, 0.1) is 6.54 Å². The van der Waals surface area contributed by atoms with Crippen LogP contribution in [0.25, 0.3) is 0 Å². The number of hydrogen-bond donors (Lipinski definition) is 0. The Morgan fingerprint density at radius 3 is 2.58 bits per heavy atom. The predicted octanol–water partition coefficient (Wildman–Crippen LogP) is 2.45. The molecule has 0 radical (unpaired) electrons. The number of likely N-dealkylation sites (tertiary alicyclic amines) is 1. The number of hydrogen-bond acceptors (Lipinski definition) is 2. The molecule has 0 bridgehead atoms. The summed E-state index contributed by atoms with van der Waals surface area (Å²) in [5.74, 6) is 0.263. The van der Waals surface area contributed by atoms with Gasteiger partial charge in [0.1, 0.15) is 0 Å². The van der Waals surface area contributed by atoms with Gasteiger partial charge in [-0.15, -0.1) is 0 Å². The third-order valence-corrected chi connectivity index (χ3v) is 3.92. The quantitative estimate of drug-likeness (QED) is 0.836. The maximum absolute atomic E-state index is 12.1. The molecule has 1 amide bonds. The normalized spacial score (nSPS) is 18.4. The number of amides is 1. The number of carbonyl (C=O) groups is 2. The standard InChI is InChI=1S/C16H21NO2/c1-16(2)10-11-17(12-14(16)18)15(19)9-8-13-6-4-3-5-7-13/h3-7H,8-12H2,1-2H3. The molecule has 1 aliphatic rings. The summed E-state index contributed by atoms with van der Waals surface area (Å²) in [5.41, 5.74) is 0.899. The van der Waals surface area contributed by atoms with Gasteiger partial charge in [-0.05, 0) is 18.4 Å². The summed E-state index contributed by atoms with van der Waals surface area (Å²) in [7, 11) is 0. The van der Waals surface area contributed by atoms with E-state index in [1.54, 1.807) is 4.90 Å². The third-order valence-electron chi connectivity index (χ3n) is 3.92. The highest BCUT2D eigenvalue weighted by Crippen LogP contribution is 2.27. The van der Waals surface area contributed by atoms with Gasteiger partial charge in [0.15, 0.2) is 5.78 Å². The van der Waals surface area contributed by atoms with E-state index in [0.717, 1.165) is 12.8 Å². The maximum Gasteiger partial charge on any atom is 0.223 e. The minimum atomic E-state index is -0.268. The molecule has 0 unspecified atom stereocenters. The van der Waals surface area contributed by atoms with Crippen LogP contribution in [0.1, 0.15) is 32.3 Å². The van der Waals surface area contributed by atoms with Gasteiger partial charge in [-0.1, -0.05) is 44.2 Å². The van der Waals surface area contributed by atoms with Gasteiger partial charge in [0.25, 0.3) is 0 Å². The van der Waals surface area contributed by atoms with E-state index in [1.807, 2.05) is 44.2 Å². The number of benzene rings is 1. The molecule has 3 heteroatoms. The Morgan fingerprint density at radius 2 is 1.95 bits per heavy atom. The molecule has 0 N–H and O–H groups in total. The molecule has 3 nitrogen and oxygen atoms in total. The van der Waals surface area contributed by atoms with Crippen LogP contribution in [0.5, 0.6) is 0 Å². The highest BCUT2D eigenvalue weighted by Gasteiger charge is 2.35. The van der Waals surface area contributed by atoms with Crippen LogP contribution in [0.4, 0.5) is 0 Å². The van der Waals surface area contributed by atoms with Crippen LogP contribution >= 0.6 is 0 Å². The van der Waals surface area contributed by atoms with E-state index < -0.39 is 0 Å². The Labute approximate surface area is 114 Å². The lowest BCUT2D eigenvalue weighted by Crippen LogP contribution is -2.47. The Hall–Kier alpha value is -1.64. The maximum atomic E-state index is 12.1. The van der Waals surface area contributed by atoms with Crippen molar-refractivity contribution in [2.75, 3.05) is 13.1 Å². The topological polar surface area (TPSA) is 37.4 Å². The lowest BCUT2D eigenvalue weighted by molar-refractivity contribution is -0.142. The fourth-order valence-corrected chi connectivity index (χ4v) is 2.29. The van der Waals surface area contributed by atoms with E-state index in [0.29, 0.717) is 13.0 Å². The summed E-state index contributed by atoms with van der Waals surface area (Å²) in [6, 6.07) is 9.98. The highest BCUT2D eigenvalue weighted by atomic mass is 16.2. The average molecular weight is 259 g/mol. The number of rotatable bonds is 3. The van der Waals surface area contributed by atoms with Crippen molar-refractivity contribution in [1.82, 2.24) is 4.90 Å². The first kappa shape index (κ1) is 13.8. The Balaban J connectivity index is 1.86. The first-order valence-electron chi connectivity index (χ1n) is 6.84. The van der Waals surface area contributed by atoms with Crippen molar-refractivity contribution < 1.29 is 9.59 Å². The van der Waals surface area contributed by atoms with Crippen LogP contribution in [0, 0.1) is 5.41 Å². The second-order valence-electron chi connectivity index (χ2n) is 5.86. The third kappa shape index (κ3) is 3.43. The summed E-state index contributed by atoms with van der Waals surface area (Å²) in [6.45, 7) is 4.90. The number of Topliss-reactive ketones (excluding diaryl/α,β-unsaturated/α-hetero) is 1. The van der Waals surface area contributed by atoms with Crippen molar-refractivity contribution in [3.8, 4) is 0 Å². The largest absolute Gasteiger partial charge is 0.335 e. The van der Waals surface area contributed by atoms with E-state index >= 15 is 0 Å². The molecule has 19 heavy (non-hydrogen) atoms. The van der Waals surface area contributed by atoms with Crippen LogP contribution < -0.4 is 0 Å². The molecule has 0 spiro atoms. The van der Waals surface area contributed by atoms with Crippen molar-refractivity contribution >= 4 is 11.7 Å². The molecular formula is C16H21NO2. The average Bonchev–Trinajstić information content (AvgIpc) is 2.40. The summed E-state index contributed by atoms with van der Waals surface area (Å²) in [5, 5.41) is 0. The monoisotopic (exact) mass is 259 g/mol. The zero-order valence-electron chi connectivity index (χ0n) is 11.7. The van der Waals surface area contributed by atoms with E-state index in [-0.39, 0.29) is 23.7 Å². The number of nitrogens with zero attached hydrogens (tertiary/aromatic N) is 1. The van der Waals surface area contributed by atoms with E-state index in [1.165, 1.54) is 5.56 Å². The van der Waals surface area contributed by atoms with E-state index in [2.05, 4.69) is 0 Å². The van der Waals surface area contributed by atoms with Crippen molar-refractivity contribution in [3.05, 3.63) is 35.9 Å². The molecule has 0 atom stereocenters. The molecule has 1 aromatic rings. The minimum absolute atomic E-state index is 0.0905. The van der Waals surface area contributed by atoms with E-state index in [9.17, 15) is 9.59 Å². The molecule has 1 saturated heterocycles. The molecule has 0 saturated carbocycles. The highest BCUT2D eigenvalue weighted by molar-refractivity contribution is 5.90. The molecule has 1 heterocycles. The van der Waals surface area contributed by atoms with Crippen molar-refractivity contribution in [3.63, 3.8) is 0 Å². The van der Waals surface area contributed by atoms with Gasteiger partial charge in [-0.2, -0.15) is 0 Å². The predicted molar refractivity (Wildman–Crippen MR) is 74.7 cm³/mol. The van der Waals surface area contributed by atoms with Gasteiger partial charge >= 0.3 is 0 Å². The SMILES string of the molecule is CC1(C)CCN(C(=O)CCc2ccccc2)CC1=O. The lowest BCUT2D eigenvalue weighted by atomic mass is 9.81. The summed E-state index contributed by atoms with van der Waals surface area (Å²) >= 11 is 0. The first-order chi connectivity index (χ1) is 8.99. The fraction of sp³-hybridized carbons (Fsp3) is 0.500. The summed E-state index contributed by atoms with van der Waals surface area (Å²) < 4.78 is 0. The van der Waals surface area contributed by atoms with Crippen molar-refractivity contribution in [1.29, 1.82) is 0 Å². The Morgan fingerprint density at radius 1 is 1.26 bits per heavy atom. The zero-order chi connectivity index (χ0) is 13.9. The molecule has 1 fully saturated rings. The number of aryl methyl sites for hydroxylation is 1. The van der Waals surface area contributed by atoms with Crippen LogP contribution in [0.15, 0.2) is 30.3 Å². The second-order valence-corrected chi connectivity index (χ2v) is 5.86. The number of ketones is 1. The molecule has 2 rings (SSSR count). The number of piperidine rings is 1. The zero-order valence-corrected chi connectivity index (χ0v) is 11.7. The Bertz CT molecular complexity index is 465. The van der Waals surface area contributed by atoms with Gasteiger partial charge in [0, 0.05) is 18.4 Å². The summed E-state index contributed by atoms with van der Waals surface area (Å²) in [4.78, 5) is 25.7. The van der Waals surface area contributed by atoms with Crippen molar-refractivity contribution in [2.45, 2.75) is 33.1 Å². The van der Waals surface area contributed by atoms with Gasteiger partial charge in [-0.25, -0.2) is 0 Å². The molecular weight excluding hydrogens is 238 g/mol. The Kier molecular flexibility index (Phi) is 4.03. The van der Waals surface area contributed by atoms with Crippen LogP contribution in [-0.2, 0) is 16.0 Å². The molecule has 1 aliphatic heterocycles. The van der Waals surface area contributed by atoms with Gasteiger partial charge < -0.3 is 4.90 Å². The van der Waals surface area contributed by atoms with Crippen LogP contribution in [0.2, 0.25) is 0 Å².